The number of carbonyl (C=O) groups excluding carboxylic acids is 1. The number of phenols is 1. The van der Waals surface area contributed by atoms with E-state index in [1.165, 1.54) is 17.0 Å². The Morgan fingerprint density at radius 2 is 1.97 bits per heavy atom. The summed E-state index contributed by atoms with van der Waals surface area (Å²) in [6.45, 7) is 2.06. The Bertz CT molecular complexity index is 1000. The topological polar surface area (TPSA) is 68.7 Å². The molecule has 1 saturated heterocycles. The van der Waals surface area contributed by atoms with Crippen LogP contribution < -0.4 is 10.2 Å². The van der Waals surface area contributed by atoms with Crippen molar-refractivity contribution in [2.45, 2.75) is 12.5 Å². The van der Waals surface area contributed by atoms with E-state index in [2.05, 4.69) is 34.2 Å². The third-order valence-electron chi connectivity index (χ3n) is 5.26. The second-order valence-corrected chi connectivity index (χ2v) is 8.27. The molecule has 0 radical (unpaired) electrons. The van der Waals surface area contributed by atoms with Gasteiger partial charge >= 0.3 is 0 Å². The number of phenolic OH excluding ortho intramolecular Hbond substituents is 1. The molecule has 150 valence electrons. The van der Waals surface area contributed by atoms with Crippen molar-refractivity contribution in [1.82, 2.24) is 9.88 Å². The van der Waals surface area contributed by atoms with Gasteiger partial charge < -0.3 is 20.2 Å². The summed E-state index contributed by atoms with van der Waals surface area (Å²) in [6, 6.07) is 15.5. The third kappa shape index (κ3) is 4.26. The number of rotatable bonds is 5. The minimum absolute atomic E-state index is 0.155. The Morgan fingerprint density at radius 3 is 2.66 bits per heavy atom. The normalized spacial score (nSPS) is 16.4. The first kappa shape index (κ1) is 19.4. The Kier molecular flexibility index (Phi) is 5.51. The van der Waals surface area contributed by atoms with Crippen LogP contribution in [0.25, 0.3) is 10.6 Å². The van der Waals surface area contributed by atoms with Crippen LogP contribution in [0.15, 0.2) is 53.9 Å². The van der Waals surface area contributed by atoms with Crippen molar-refractivity contribution in [2.75, 3.05) is 37.4 Å². The van der Waals surface area contributed by atoms with Crippen molar-refractivity contribution in [3.05, 3.63) is 59.6 Å². The largest absolute Gasteiger partial charge is 0.507 e. The second-order valence-electron chi connectivity index (χ2n) is 7.41. The predicted molar refractivity (Wildman–Crippen MR) is 118 cm³/mol. The molecule has 29 heavy (non-hydrogen) atoms. The molecule has 1 aliphatic heterocycles. The zero-order valence-corrected chi connectivity index (χ0v) is 17.3. The van der Waals surface area contributed by atoms with E-state index < -0.39 is 0 Å². The van der Waals surface area contributed by atoms with Gasteiger partial charge in [-0.1, -0.05) is 12.1 Å². The van der Waals surface area contributed by atoms with E-state index in [0.29, 0.717) is 22.3 Å². The van der Waals surface area contributed by atoms with Crippen LogP contribution in [0.2, 0.25) is 0 Å². The molecule has 0 aliphatic carbocycles. The summed E-state index contributed by atoms with van der Waals surface area (Å²) in [6.07, 6.45) is 1.16. The molecule has 2 heterocycles. The third-order valence-corrected chi connectivity index (χ3v) is 6.13. The van der Waals surface area contributed by atoms with Crippen LogP contribution >= 0.6 is 11.3 Å². The van der Waals surface area contributed by atoms with Crippen molar-refractivity contribution >= 4 is 28.6 Å². The van der Waals surface area contributed by atoms with Gasteiger partial charge in [0.15, 0.2) is 0 Å². The van der Waals surface area contributed by atoms with Crippen molar-refractivity contribution in [2.24, 2.45) is 0 Å². The Morgan fingerprint density at radius 1 is 1.21 bits per heavy atom. The van der Waals surface area contributed by atoms with Crippen LogP contribution in [0.1, 0.15) is 16.9 Å². The van der Waals surface area contributed by atoms with Gasteiger partial charge in [-0.3, -0.25) is 4.79 Å². The Balaban J connectivity index is 1.41. The lowest BCUT2D eigenvalue weighted by molar-refractivity contribution is 0.102. The maximum Gasteiger partial charge on any atom is 0.275 e. The van der Waals surface area contributed by atoms with Gasteiger partial charge in [-0.15, -0.1) is 11.3 Å². The van der Waals surface area contributed by atoms with Gasteiger partial charge in [0.1, 0.15) is 16.5 Å². The number of benzene rings is 2. The van der Waals surface area contributed by atoms with Crippen LogP contribution in [0.5, 0.6) is 5.75 Å². The summed E-state index contributed by atoms with van der Waals surface area (Å²) < 4.78 is 0. The molecule has 1 amide bonds. The highest BCUT2D eigenvalue weighted by molar-refractivity contribution is 7.13. The molecule has 3 aromatic rings. The lowest BCUT2D eigenvalue weighted by Crippen LogP contribution is -2.31. The van der Waals surface area contributed by atoms with Gasteiger partial charge in [-0.2, -0.15) is 0 Å². The zero-order chi connectivity index (χ0) is 20.4. The maximum absolute atomic E-state index is 12.6. The lowest BCUT2D eigenvalue weighted by atomic mass is 10.2. The highest BCUT2D eigenvalue weighted by Crippen LogP contribution is 2.31. The first-order chi connectivity index (χ1) is 14.0. The first-order valence-electron chi connectivity index (χ1n) is 9.58. The molecular formula is C22H24N4O2S. The van der Waals surface area contributed by atoms with E-state index in [0.717, 1.165) is 25.2 Å². The fraction of sp³-hybridized carbons (Fsp3) is 0.273. The van der Waals surface area contributed by atoms with Crippen molar-refractivity contribution < 1.29 is 9.90 Å². The number of amides is 1. The first-order valence-corrected chi connectivity index (χ1v) is 10.5. The van der Waals surface area contributed by atoms with Gasteiger partial charge in [0.2, 0.25) is 0 Å². The second kappa shape index (κ2) is 8.23. The number of thiazole rings is 1. The fourth-order valence-electron chi connectivity index (χ4n) is 3.50. The molecule has 1 aromatic heterocycles. The minimum Gasteiger partial charge on any atom is -0.507 e. The van der Waals surface area contributed by atoms with E-state index in [9.17, 15) is 9.90 Å². The van der Waals surface area contributed by atoms with Crippen LogP contribution in [0, 0.1) is 0 Å². The number of nitrogens with zero attached hydrogens (tertiary/aromatic N) is 3. The van der Waals surface area contributed by atoms with Crippen LogP contribution in [0.4, 0.5) is 11.4 Å². The Labute approximate surface area is 174 Å². The number of hydrogen-bond acceptors (Lipinski definition) is 6. The van der Waals surface area contributed by atoms with E-state index in [1.54, 1.807) is 23.6 Å². The molecule has 1 atom stereocenters. The summed E-state index contributed by atoms with van der Waals surface area (Å²) in [7, 11) is 4.24. The number of anilines is 2. The number of para-hydroxylation sites is 1. The highest BCUT2D eigenvalue weighted by Gasteiger charge is 2.24. The number of nitrogens with one attached hydrogen (secondary N) is 1. The van der Waals surface area contributed by atoms with Gasteiger partial charge in [-0.05, 0) is 56.9 Å². The van der Waals surface area contributed by atoms with Crippen molar-refractivity contribution in [3.8, 4) is 16.3 Å². The SMILES string of the molecule is CN(C)C1CCN(c2ccc(NC(=O)c3csc(-c4ccccc4O)n3)cc2)C1. The molecule has 0 spiro atoms. The molecular weight excluding hydrogens is 384 g/mol. The maximum atomic E-state index is 12.6. The van der Waals surface area contributed by atoms with Gasteiger partial charge in [0, 0.05) is 35.9 Å². The summed E-state index contributed by atoms with van der Waals surface area (Å²) in [5, 5.41) is 15.2. The van der Waals surface area contributed by atoms with E-state index in [4.69, 9.17) is 0 Å². The molecule has 6 nitrogen and oxygen atoms in total. The Hall–Kier alpha value is -2.90. The van der Waals surface area contributed by atoms with Crippen LogP contribution in [-0.4, -0.2) is 54.1 Å². The van der Waals surface area contributed by atoms with Crippen LogP contribution in [-0.2, 0) is 0 Å². The van der Waals surface area contributed by atoms with Crippen molar-refractivity contribution in [3.63, 3.8) is 0 Å². The number of aromatic nitrogens is 1. The average molecular weight is 409 g/mol. The number of likely N-dealkylation sites (N-methyl/N-ethyl adjacent to an activating group) is 1. The van der Waals surface area contributed by atoms with E-state index >= 15 is 0 Å². The smallest absolute Gasteiger partial charge is 0.275 e. The van der Waals surface area contributed by atoms with Crippen LogP contribution in [0.3, 0.4) is 0 Å². The molecule has 4 rings (SSSR count). The molecule has 2 N–H and O–H groups in total. The highest BCUT2D eigenvalue weighted by atomic mass is 32.1. The average Bonchev–Trinajstić information content (AvgIpc) is 3.39. The summed E-state index contributed by atoms with van der Waals surface area (Å²) >= 11 is 1.33. The summed E-state index contributed by atoms with van der Waals surface area (Å²) in [5.41, 5.74) is 2.87. The molecule has 1 aliphatic rings. The zero-order valence-electron chi connectivity index (χ0n) is 16.5. The van der Waals surface area contributed by atoms with E-state index in [1.807, 2.05) is 30.3 Å². The fourth-order valence-corrected chi connectivity index (χ4v) is 4.34. The molecule has 0 saturated carbocycles. The molecule has 1 unspecified atom stereocenters. The van der Waals surface area contributed by atoms with Gasteiger partial charge in [0.25, 0.3) is 5.91 Å². The lowest BCUT2D eigenvalue weighted by Gasteiger charge is -2.22. The molecule has 1 fully saturated rings. The van der Waals surface area contributed by atoms with Gasteiger partial charge in [0.05, 0.1) is 5.56 Å². The monoisotopic (exact) mass is 408 g/mol. The number of hydrogen-bond donors (Lipinski definition) is 2. The van der Waals surface area contributed by atoms with E-state index in [-0.39, 0.29) is 11.7 Å². The molecule has 2 aromatic carbocycles. The predicted octanol–water partition coefficient (Wildman–Crippen LogP) is 3.91. The quantitative estimate of drug-likeness (QED) is 0.670. The molecule has 7 heteroatoms. The summed E-state index contributed by atoms with van der Waals surface area (Å²) in [5.74, 6) is -0.104. The minimum atomic E-state index is -0.260. The molecule has 0 bridgehead atoms. The summed E-state index contributed by atoms with van der Waals surface area (Å²) in [4.78, 5) is 21.6. The number of aromatic hydroxyl groups is 1. The standard InChI is InChI=1S/C22H24N4O2S/c1-25(2)17-11-12-26(13-17)16-9-7-15(8-10-16)23-21(28)19-14-29-22(24-19)18-5-3-4-6-20(18)27/h3-10,14,17,27H,11-13H2,1-2H3,(H,23,28). The van der Waals surface area contributed by atoms with Gasteiger partial charge in [-0.25, -0.2) is 4.98 Å². The number of carbonyl (C=O) groups is 1. The van der Waals surface area contributed by atoms with Crippen molar-refractivity contribution in [1.29, 1.82) is 0 Å².